The van der Waals surface area contributed by atoms with E-state index in [0.29, 0.717) is 12.8 Å². The van der Waals surface area contributed by atoms with Gasteiger partial charge in [0.2, 0.25) is 0 Å². The number of rotatable bonds is 2. The van der Waals surface area contributed by atoms with Gasteiger partial charge < -0.3 is 5.11 Å². The third-order valence-electron chi connectivity index (χ3n) is 2.14. The monoisotopic (exact) mass is 152 g/mol. The van der Waals surface area contributed by atoms with Crippen LogP contribution in [0.5, 0.6) is 0 Å². The summed E-state index contributed by atoms with van der Waals surface area (Å²) >= 11 is 0. The van der Waals surface area contributed by atoms with Crippen molar-refractivity contribution in [3.63, 3.8) is 0 Å². The number of aliphatic hydroxyl groups excluding tert-OH is 1. The van der Waals surface area contributed by atoms with Gasteiger partial charge in [0, 0.05) is 11.8 Å². The van der Waals surface area contributed by atoms with Gasteiger partial charge in [-0.15, -0.1) is 6.58 Å². The maximum atomic E-state index is 10.8. The normalized spacial score (nSPS) is 30.5. The molecule has 0 spiro atoms. The smallest absolute Gasteiger partial charge is 0.155 e. The van der Waals surface area contributed by atoms with E-state index in [2.05, 4.69) is 6.58 Å². The average Bonchev–Trinajstić information content (AvgIpc) is 2.07. The molecule has 0 aromatic carbocycles. The quantitative estimate of drug-likeness (QED) is 0.601. The molecule has 1 aliphatic rings. The zero-order chi connectivity index (χ0) is 8.32. The number of ketones is 1. The van der Waals surface area contributed by atoms with Crippen LogP contribution in [0.25, 0.3) is 0 Å². The van der Waals surface area contributed by atoms with Crippen molar-refractivity contribution < 1.29 is 9.90 Å². The van der Waals surface area contributed by atoms with Crippen molar-refractivity contribution in [1.29, 1.82) is 0 Å². The summed E-state index contributed by atoms with van der Waals surface area (Å²) in [6, 6.07) is 0. The van der Waals surface area contributed by atoms with Crippen LogP contribution in [-0.2, 0) is 4.79 Å². The molecular weight excluding hydrogens is 140 g/mol. The molecule has 1 atom stereocenters. The van der Waals surface area contributed by atoms with E-state index in [1.165, 1.54) is 6.08 Å². The zero-order valence-electron chi connectivity index (χ0n) is 6.42. The topological polar surface area (TPSA) is 37.3 Å². The van der Waals surface area contributed by atoms with Crippen molar-refractivity contribution in [3.05, 3.63) is 24.8 Å². The van der Waals surface area contributed by atoms with Crippen LogP contribution in [0.1, 0.15) is 12.8 Å². The van der Waals surface area contributed by atoms with E-state index < -0.39 is 0 Å². The highest BCUT2D eigenvalue weighted by Gasteiger charge is 2.26. The molecule has 0 bridgehead atoms. The van der Waals surface area contributed by atoms with Crippen LogP contribution < -0.4 is 0 Å². The molecular formula is C9H12O2. The van der Waals surface area contributed by atoms with Gasteiger partial charge >= 0.3 is 0 Å². The van der Waals surface area contributed by atoms with E-state index >= 15 is 0 Å². The Bertz CT molecular complexity index is 206. The number of hydrogen-bond acceptors (Lipinski definition) is 2. The first-order chi connectivity index (χ1) is 5.22. The molecule has 2 nitrogen and oxygen atoms in total. The third-order valence-corrected chi connectivity index (χ3v) is 2.14. The Morgan fingerprint density at radius 2 is 2.55 bits per heavy atom. The van der Waals surface area contributed by atoms with Crippen LogP contribution in [-0.4, -0.2) is 17.5 Å². The number of allylic oxidation sites excluding steroid dienone is 1. The first-order valence-electron chi connectivity index (χ1n) is 3.69. The Morgan fingerprint density at radius 3 is 2.91 bits per heavy atom. The van der Waals surface area contributed by atoms with Crippen molar-refractivity contribution in [2.45, 2.75) is 12.8 Å². The Hall–Kier alpha value is -0.890. The lowest BCUT2D eigenvalue weighted by Gasteiger charge is -2.26. The second-order valence-electron chi connectivity index (χ2n) is 2.90. The van der Waals surface area contributed by atoms with Gasteiger partial charge in [0.05, 0.1) is 6.61 Å². The lowest BCUT2D eigenvalue weighted by Crippen LogP contribution is -2.24. The second kappa shape index (κ2) is 3.01. The number of carbonyl (C=O) groups is 1. The SMILES string of the molecule is C=CC1(CO)C=CC(=O)CC1. The summed E-state index contributed by atoms with van der Waals surface area (Å²) in [6.07, 6.45) is 6.18. The minimum atomic E-state index is -0.339. The van der Waals surface area contributed by atoms with Crippen LogP contribution in [0, 0.1) is 5.41 Å². The highest BCUT2D eigenvalue weighted by atomic mass is 16.3. The Balaban J connectivity index is 2.80. The molecule has 2 heteroatoms. The maximum absolute atomic E-state index is 10.8. The van der Waals surface area contributed by atoms with E-state index in [4.69, 9.17) is 5.11 Å². The summed E-state index contributed by atoms with van der Waals surface area (Å²) in [4.78, 5) is 10.8. The molecule has 0 saturated carbocycles. The van der Waals surface area contributed by atoms with E-state index in [9.17, 15) is 4.79 Å². The fourth-order valence-corrected chi connectivity index (χ4v) is 1.15. The van der Waals surface area contributed by atoms with Crippen LogP contribution in [0.2, 0.25) is 0 Å². The summed E-state index contributed by atoms with van der Waals surface area (Å²) in [6.45, 7) is 3.67. The summed E-state index contributed by atoms with van der Waals surface area (Å²) < 4.78 is 0. The molecule has 0 heterocycles. The van der Waals surface area contributed by atoms with Gasteiger partial charge in [-0.05, 0) is 12.5 Å². The van der Waals surface area contributed by atoms with Gasteiger partial charge in [0.15, 0.2) is 5.78 Å². The molecule has 0 saturated heterocycles. The largest absolute Gasteiger partial charge is 0.395 e. The second-order valence-corrected chi connectivity index (χ2v) is 2.90. The standard InChI is InChI=1S/C9H12O2/c1-2-9(7-10)5-3-8(11)4-6-9/h2-3,5,10H,1,4,6-7H2. The van der Waals surface area contributed by atoms with Gasteiger partial charge in [0.1, 0.15) is 0 Å². The summed E-state index contributed by atoms with van der Waals surface area (Å²) in [5.74, 6) is 0.135. The molecule has 1 aliphatic carbocycles. The molecule has 60 valence electrons. The summed E-state index contributed by atoms with van der Waals surface area (Å²) in [5, 5.41) is 8.99. The van der Waals surface area contributed by atoms with Gasteiger partial charge in [-0.25, -0.2) is 0 Å². The predicted octanol–water partition coefficient (Wildman–Crippen LogP) is 1.07. The van der Waals surface area contributed by atoms with Crippen molar-refractivity contribution in [1.82, 2.24) is 0 Å². The molecule has 1 N–H and O–H groups in total. The maximum Gasteiger partial charge on any atom is 0.155 e. The van der Waals surface area contributed by atoms with Gasteiger partial charge in [-0.1, -0.05) is 12.2 Å². The molecule has 0 aromatic heterocycles. The molecule has 1 unspecified atom stereocenters. The van der Waals surface area contributed by atoms with Crippen LogP contribution in [0.4, 0.5) is 0 Å². The predicted molar refractivity (Wildman–Crippen MR) is 43.1 cm³/mol. The lowest BCUT2D eigenvalue weighted by molar-refractivity contribution is -0.115. The minimum Gasteiger partial charge on any atom is -0.395 e. The van der Waals surface area contributed by atoms with Crippen molar-refractivity contribution >= 4 is 5.78 Å². The number of carbonyl (C=O) groups excluding carboxylic acids is 1. The Morgan fingerprint density at radius 1 is 1.82 bits per heavy atom. The van der Waals surface area contributed by atoms with Crippen LogP contribution in [0.3, 0.4) is 0 Å². The zero-order valence-corrected chi connectivity index (χ0v) is 6.42. The Kier molecular flexibility index (Phi) is 2.25. The molecule has 0 aliphatic heterocycles. The molecule has 0 amide bonds. The fourth-order valence-electron chi connectivity index (χ4n) is 1.15. The first kappa shape index (κ1) is 8.21. The number of hydrogen-bond donors (Lipinski definition) is 1. The van der Waals surface area contributed by atoms with E-state index in [-0.39, 0.29) is 17.8 Å². The van der Waals surface area contributed by atoms with E-state index in [1.54, 1.807) is 12.2 Å². The molecule has 0 fully saturated rings. The van der Waals surface area contributed by atoms with Crippen molar-refractivity contribution in [2.24, 2.45) is 5.41 Å². The number of aliphatic hydroxyl groups is 1. The van der Waals surface area contributed by atoms with Gasteiger partial charge in [-0.3, -0.25) is 4.79 Å². The van der Waals surface area contributed by atoms with Crippen LogP contribution in [0.15, 0.2) is 24.8 Å². The van der Waals surface area contributed by atoms with E-state index in [0.717, 1.165) is 0 Å². The highest BCUT2D eigenvalue weighted by Crippen LogP contribution is 2.29. The minimum absolute atomic E-state index is 0.0419. The lowest BCUT2D eigenvalue weighted by atomic mass is 9.79. The van der Waals surface area contributed by atoms with Crippen LogP contribution >= 0.6 is 0 Å². The fraction of sp³-hybridized carbons (Fsp3) is 0.444. The first-order valence-corrected chi connectivity index (χ1v) is 3.69. The molecule has 11 heavy (non-hydrogen) atoms. The van der Waals surface area contributed by atoms with Gasteiger partial charge in [0.25, 0.3) is 0 Å². The average molecular weight is 152 g/mol. The molecule has 0 aromatic rings. The third kappa shape index (κ3) is 1.57. The van der Waals surface area contributed by atoms with Crippen molar-refractivity contribution in [2.75, 3.05) is 6.61 Å². The van der Waals surface area contributed by atoms with Gasteiger partial charge in [-0.2, -0.15) is 0 Å². The van der Waals surface area contributed by atoms with E-state index in [1.807, 2.05) is 0 Å². The summed E-state index contributed by atoms with van der Waals surface area (Å²) in [5.41, 5.74) is -0.339. The molecule has 1 rings (SSSR count). The Labute approximate surface area is 66.2 Å². The summed E-state index contributed by atoms with van der Waals surface area (Å²) in [7, 11) is 0. The molecule has 0 radical (unpaired) electrons. The van der Waals surface area contributed by atoms with Crippen molar-refractivity contribution in [3.8, 4) is 0 Å². The highest BCUT2D eigenvalue weighted by molar-refractivity contribution is 5.90.